The number of methoxy groups -OCH3 is 1. The summed E-state index contributed by atoms with van der Waals surface area (Å²) in [6.45, 7) is 4.27. The largest absolute Gasteiger partial charge is 0.490 e. The highest BCUT2D eigenvalue weighted by Gasteiger charge is 2.04. The Morgan fingerprint density at radius 2 is 2.00 bits per heavy atom. The first-order chi connectivity index (χ1) is 8.77. The molecule has 0 aliphatic carbocycles. The molecular weight excluding hydrogens is 232 g/mol. The molecular formula is C13H22N2O3. The van der Waals surface area contributed by atoms with Crippen molar-refractivity contribution < 1.29 is 14.2 Å². The van der Waals surface area contributed by atoms with Crippen molar-refractivity contribution in [3.05, 3.63) is 24.0 Å². The highest BCUT2D eigenvalue weighted by atomic mass is 16.5. The van der Waals surface area contributed by atoms with E-state index >= 15 is 0 Å². The lowest BCUT2D eigenvalue weighted by molar-refractivity contribution is 0.0543. The molecule has 18 heavy (non-hydrogen) atoms. The summed E-state index contributed by atoms with van der Waals surface area (Å²) in [6, 6.07) is 3.78. The first-order valence-corrected chi connectivity index (χ1v) is 6.19. The lowest BCUT2D eigenvalue weighted by Gasteiger charge is -2.10. The van der Waals surface area contributed by atoms with Gasteiger partial charge in [0.1, 0.15) is 12.4 Å². The number of nitrogens with zero attached hydrogens (tertiary/aromatic N) is 1. The van der Waals surface area contributed by atoms with Crippen LogP contribution in [0.1, 0.15) is 25.1 Å². The maximum Gasteiger partial charge on any atom is 0.137 e. The molecule has 102 valence electrons. The second-order valence-electron chi connectivity index (χ2n) is 3.89. The summed E-state index contributed by atoms with van der Waals surface area (Å²) in [5.41, 5.74) is 6.77. The number of pyridine rings is 1. The molecule has 1 aromatic heterocycles. The number of ether oxygens (including phenoxy) is 3. The van der Waals surface area contributed by atoms with Crippen molar-refractivity contribution in [2.45, 2.75) is 19.4 Å². The first-order valence-electron chi connectivity index (χ1n) is 6.19. The average molecular weight is 254 g/mol. The molecule has 0 unspecified atom stereocenters. The highest BCUT2D eigenvalue weighted by Crippen LogP contribution is 2.14. The van der Waals surface area contributed by atoms with Gasteiger partial charge >= 0.3 is 0 Å². The van der Waals surface area contributed by atoms with Crippen LogP contribution in [0.2, 0.25) is 0 Å². The van der Waals surface area contributed by atoms with Crippen LogP contribution in [0.15, 0.2) is 18.3 Å². The number of aromatic nitrogens is 1. The van der Waals surface area contributed by atoms with E-state index in [2.05, 4.69) is 4.98 Å². The van der Waals surface area contributed by atoms with Crippen molar-refractivity contribution in [1.29, 1.82) is 0 Å². The van der Waals surface area contributed by atoms with E-state index < -0.39 is 0 Å². The van der Waals surface area contributed by atoms with Crippen LogP contribution in [0, 0.1) is 0 Å². The monoisotopic (exact) mass is 254 g/mol. The van der Waals surface area contributed by atoms with Crippen molar-refractivity contribution in [3.63, 3.8) is 0 Å². The number of hydrogen-bond acceptors (Lipinski definition) is 5. The SMILES string of the molecule is CC[C@H](N)c1ccc(OCCOCCOC)cn1. The quantitative estimate of drug-likeness (QED) is 0.677. The van der Waals surface area contributed by atoms with Gasteiger partial charge in [-0.05, 0) is 18.6 Å². The fourth-order valence-electron chi connectivity index (χ4n) is 1.37. The smallest absolute Gasteiger partial charge is 0.137 e. The summed E-state index contributed by atoms with van der Waals surface area (Å²) < 4.78 is 15.6. The molecule has 1 aromatic rings. The molecule has 0 fully saturated rings. The second kappa shape index (κ2) is 8.85. The van der Waals surface area contributed by atoms with Gasteiger partial charge in [0.2, 0.25) is 0 Å². The van der Waals surface area contributed by atoms with E-state index in [0.717, 1.165) is 17.9 Å². The van der Waals surface area contributed by atoms with E-state index in [1.54, 1.807) is 13.3 Å². The van der Waals surface area contributed by atoms with E-state index in [4.69, 9.17) is 19.9 Å². The van der Waals surface area contributed by atoms with Gasteiger partial charge in [-0.25, -0.2) is 0 Å². The zero-order valence-corrected chi connectivity index (χ0v) is 11.1. The van der Waals surface area contributed by atoms with E-state index in [0.29, 0.717) is 26.4 Å². The van der Waals surface area contributed by atoms with Crippen LogP contribution in [0.25, 0.3) is 0 Å². The standard InChI is InChI=1S/C13H22N2O3/c1-3-12(14)13-5-4-11(10-15-13)18-9-8-17-7-6-16-2/h4-5,10,12H,3,6-9,14H2,1-2H3/t12-/m0/s1. The van der Waals surface area contributed by atoms with Gasteiger partial charge < -0.3 is 19.9 Å². The number of hydrogen-bond donors (Lipinski definition) is 1. The molecule has 0 amide bonds. The topological polar surface area (TPSA) is 66.6 Å². The van der Waals surface area contributed by atoms with Crippen molar-refractivity contribution in [2.24, 2.45) is 5.73 Å². The third kappa shape index (κ3) is 5.44. The average Bonchev–Trinajstić information content (AvgIpc) is 2.42. The molecule has 1 rings (SSSR count). The molecule has 0 radical (unpaired) electrons. The van der Waals surface area contributed by atoms with Crippen molar-refractivity contribution >= 4 is 0 Å². The van der Waals surface area contributed by atoms with Crippen molar-refractivity contribution in [3.8, 4) is 5.75 Å². The summed E-state index contributed by atoms with van der Waals surface area (Å²) in [6.07, 6.45) is 2.57. The minimum absolute atomic E-state index is 0.00331. The van der Waals surface area contributed by atoms with Gasteiger partial charge in [-0.1, -0.05) is 6.92 Å². The van der Waals surface area contributed by atoms with E-state index in [1.807, 2.05) is 19.1 Å². The molecule has 5 heteroatoms. The summed E-state index contributed by atoms with van der Waals surface area (Å²) in [7, 11) is 1.65. The van der Waals surface area contributed by atoms with E-state index in [1.165, 1.54) is 0 Å². The molecule has 0 saturated carbocycles. The Balaban J connectivity index is 2.22. The van der Waals surface area contributed by atoms with Gasteiger partial charge in [-0.3, -0.25) is 4.98 Å². The number of rotatable bonds is 9. The van der Waals surface area contributed by atoms with E-state index in [-0.39, 0.29) is 6.04 Å². The predicted molar refractivity (Wildman–Crippen MR) is 69.6 cm³/mol. The van der Waals surface area contributed by atoms with Gasteiger partial charge in [0.25, 0.3) is 0 Å². The molecule has 0 bridgehead atoms. The fourth-order valence-corrected chi connectivity index (χ4v) is 1.37. The third-order valence-corrected chi connectivity index (χ3v) is 2.51. The molecule has 1 atom stereocenters. The van der Waals surface area contributed by atoms with Gasteiger partial charge in [-0.2, -0.15) is 0 Å². The Bertz CT molecular complexity index is 317. The van der Waals surface area contributed by atoms with Crippen molar-refractivity contribution in [2.75, 3.05) is 33.5 Å². The van der Waals surface area contributed by atoms with Gasteiger partial charge in [0, 0.05) is 13.2 Å². The number of nitrogens with two attached hydrogens (primary N) is 1. The molecule has 0 aliphatic rings. The maximum atomic E-state index is 5.88. The highest BCUT2D eigenvalue weighted by molar-refractivity contribution is 5.21. The summed E-state index contributed by atoms with van der Waals surface area (Å²) in [5.74, 6) is 0.734. The van der Waals surface area contributed by atoms with Crippen LogP contribution in [0.5, 0.6) is 5.75 Å². The fraction of sp³-hybridized carbons (Fsp3) is 0.615. The van der Waals surface area contributed by atoms with Crippen LogP contribution in [-0.4, -0.2) is 38.5 Å². The van der Waals surface area contributed by atoms with Gasteiger partial charge in [0.05, 0.1) is 31.7 Å². The van der Waals surface area contributed by atoms with Crippen LogP contribution >= 0.6 is 0 Å². The Morgan fingerprint density at radius 3 is 2.61 bits per heavy atom. The zero-order valence-electron chi connectivity index (χ0n) is 11.1. The van der Waals surface area contributed by atoms with Crippen LogP contribution in [0.4, 0.5) is 0 Å². The zero-order chi connectivity index (χ0) is 13.2. The van der Waals surface area contributed by atoms with Gasteiger partial charge in [0.15, 0.2) is 0 Å². The van der Waals surface area contributed by atoms with E-state index in [9.17, 15) is 0 Å². The predicted octanol–water partition coefficient (Wildman–Crippen LogP) is 1.53. The normalized spacial score (nSPS) is 12.4. The maximum absolute atomic E-state index is 5.88. The minimum atomic E-state index is -0.00331. The van der Waals surface area contributed by atoms with Crippen LogP contribution in [0.3, 0.4) is 0 Å². The van der Waals surface area contributed by atoms with Crippen LogP contribution in [-0.2, 0) is 9.47 Å². The minimum Gasteiger partial charge on any atom is -0.490 e. The Hall–Kier alpha value is -1.17. The molecule has 0 aliphatic heterocycles. The molecule has 5 nitrogen and oxygen atoms in total. The Labute approximate surface area is 108 Å². The molecule has 1 heterocycles. The molecule has 0 spiro atoms. The lowest BCUT2D eigenvalue weighted by atomic mass is 10.1. The van der Waals surface area contributed by atoms with Crippen molar-refractivity contribution in [1.82, 2.24) is 4.98 Å². The summed E-state index contributed by atoms with van der Waals surface area (Å²) in [5, 5.41) is 0. The summed E-state index contributed by atoms with van der Waals surface area (Å²) >= 11 is 0. The molecule has 0 saturated heterocycles. The third-order valence-electron chi connectivity index (χ3n) is 2.51. The van der Waals surface area contributed by atoms with Gasteiger partial charge in [-0.15, -0.1) is 0 Å². The molecule has 2 N–H and O–H groups in total. The molecule has 0 aromatic carbocycles. The second-order valence-corrected chi connectivity index (χ2v) is 3.89. The Morgan fingerprint density at radius 1 is 1.22 bits per heavy atom. The first kappa shape index (κ1) is 14.9. The lowest BCUT2D eigenvalue weighted by Crippen LogP contribution is -2.12. The Kier molecular flexibility index (Phi) is 7.32. The van der Waals surface area contributed by atoms with Crippen LogP contribution < -0.4 is 10.5 Å². The summed E-state index contributed by atoms with van der Waals surface area (Å²) in [4.78, 5) is 4.27.